The van der Waals surface area contributed by atoms with Crippen LogP contribution in [-0.2, 0) is 17.8 Å². The summed E-state index contributed by atoms with van der Waals surface area (Å²) >= 11 is 0. The van der Waals surface area contributed by atoms with E-state index in [9.17, 15) is 9.59 Å². The minimum Gasteiger partial charge on any atom is -0.361 e. The van der Waals surface area contributed by atoms with E-state index in [0.717, 1.165) is 24.0 Å². The highest BCUT2D eigenvalue weighted by molar-refractivity contribution is 5.78. The molecule has 9 nitrogen and oxygen atoms in total. The third-order valence-electron chi connectivity index (χ3n) is 4.87. The van der Waals surface area contributed by atoms with Crippen molar-refractivity contribution in [2.45, 2.75) is 45.7 Å². The van der Waals surface area contributed by atoms with Gasteiger partial charge in [-0.05, 0) is 38.8 Å². The van der Waals surface area contributed by atoms with Crippen LogP contribution in [-0.4, -0.2) is 36.9 Å². The topological polar surface area (TPSA) is 108 Å². The Morgan fingerprint density at radius 3 is 2.82 bits per heavy atom. The molecule has 9 heteroatoms. The highest BCUT2D eigenvalue weighted by Gasteiger charge is 2.30. The van der Waals surface area contributed by atoms with E-state index < -0.39 is 0 Å². The van der Waals surface area contributed by atoms with Crippen molar-refractivity contribution in [2.24, 2.45) is 0 Å². The first-order chi connectivity index (χ1) is 13.5. The van der Waals surface area contributed by atoms with Gasteiger partial charge in [-0.3, -0.25) is 14.3 Å². The number of nitrogens with zero attached hydrogens (tertiary/aromatic N) is 5. The molecular weight excluding hydrogens is 360 g/mol. The van der Waals surface area contributed by atoms with Crippen molar-refractivity contribution in [3.8, 4) is 11.4 Å². The standard InChI is InChI=1S/C19H22N6O3/c1-12-16(13(2)28-23-12)10-17(26)21-8-9-24-19(27)25(15-5-6-15)18(22-24)14-4-3-7-20-11-14/h3-4,7,11,15H,5-6,8-10H2,1-2H3,(H,21,26). The number of amides is 1. The summed E-state index contributed by atoms with van der Waals surface area (Å²) in [6.45, 7) is 4.21. The van der Waals surface area contributed by atoms with Crippen LogP contribution in [0.25, 0.3) is 11.4 Å². The minimum absolute atomic E-state index is 0.142. The van der Waals surface area contributed by atoms with Gasteiger partial charge in [0.1, 0.15) is 5.76 Å². The fourth-order valence-corrected chi connectivity index (χ4v) is 3.20. The monoisotopic (exact) mass is 382 g/mol. The lowest BCUT2D eigenvalue weighted by Crippen LogP contribution is -2.33. The molecule has 3 aromatic heterocycles. The molecule has 3 heterocycles. The average molecular weight is 382 g/mol. The zero-order chi connectivity index (χ0) is 19.7. The van der Waals surface area contributed by atoms with E-state index in [1.54, 1.807) is 23.9 Å². The van der Waals surface area contributed by atoms with E-state index in [1.807, 2.05) is 19.1 Å². The average Bonchev–Trinajstić information content (AvgIpc) is 3.42. The van der Waals surface area contributed by atoms with Gasteiger partial charge in [-0.15, -0.1) is 5.10 Å². The zero-order valence-electron chi connectivity index (χ0n) is 15.9. The van der Waals surface area contributed by atoms with Crippen molar-refractivity contribution in [3.05, 3.63) is 52.0 Å². The van der Waals surface area contributed by atoms with Crippen LogP contribution in [0.15, 0.2) is 33.8 Å². The van der Waals surface area contributed by atoms with E-state index in [2.05, 4.69) is 20.6 Å². The van der Waals surface area contributed by atoms with E-state index in [4.69, 9.17) is 4.52 Å². The maximum Gasteiger partial charge on any atom is 0.346 e. The smallest absolute Gasteiger partial charge is 0.346 e. The predicted molar refractivity (Wildman–Crippen MR) is 101 cm³/mol. The highest BCUT2D eigenvalue weighted by atomic mass is 16.5. The molecule has 4 rings (SSSR count). The molecule has 1 amide bonds. The summed E-state index contributed by atoms with van der Waals surface area (Å²) < 4.78 is 8.23. The normalized spacial score (nSPS) is 13.6. The molecule has 0 aromatic carbocycles. The molecule has 0 spiro atoms. The zero-order valence-corrected chi connectivity index (χ0v) is 15.9. The molecule has 146 valence electrons. The van der Waals surface area contributed by atoms with E-state index in [-0.39, 0.29) is 24.1 Å². The largest absolute Gasteiger partial charge is 0.361 e. The number of nitrogens with one attached hydrogen (secondary N) is 1. The number of carbonyl (C=O) groups excluding carboxylic acids is 1. The third kappa shape index (κ3) is 3.60. The number of rotatable bonds is 7. The van der Waals surface area contributed by atoms with Crippen LogP contribution in [0.5, 0.6) is 0 Å². The number of hydrogen-bond acceptors (Lipinski definition) is 6. The summed E-state index contributed by atoms with van der Waals surface area (Å²) in [6, 6.07) is 3.92. The Bertz CT molecular complexity index is 1030. The molecule has 0 atom stereocenters. The van der Waals surface area contributed by atoms with E-state index in [1.165, 1.54) is 4.68 Å². The predicted octanol–water partition coefficient (Wildman–Crippen LogP) is 1.41. The van der Waals surface area contributed by atoms with Crippen LogP contribution in [0.2, 0.25) is 0 Å². The number of carbonyl (C=O) groups is 1. The van der Waals surface area contributed by atoms with Gasteiger partial charge in [0.2, 0.25) is 5.91 Å². The second-order valence-electron chi connectivity index (χ2n) is 7.00. The molecule has 1 aliphatic carbocycles. The lowest BCUT2D eigenvalue weighted by Gasteiger charge is -2.04. The second kappa shape index (κ2) is 7.41. The first-order valence-electron chi connectivity index (χ1n) is 9.32. The number of hydrogen-bond donors (Lipinski definition) is 1. The van der Waals surface area contributed by atoms with Crippen molar-refractivity contribution < 1.29 is 9.32 Å². The Morgan fingerprint density at radius 1 is 1.36 bits per heavy atom. The van der Waals surface area contributed by atoms with Gasteiger partial charge in [-0.2, -0.15) is 0 Å². The van der Waals surface area contributed by atoms with Crippen LogP contribution < -0.4 is 11.0 Å². The lowest BCUT2D eigenvalue weighted by molar-refractivity contribution is -0.120. The first-order valence-corrected chi connectivity index (χ1v) is 9.32. The Hall–Kier alpha value is -3.23. The first kappa shape index (κ1) is 18.1. The van der Waals surface area contributed by atoms with Crippen molar-refractivity contribution in [2.75, 3.05) is 6.54 Å². The van der Waals surface area contributed by atoms with Crippen LogP contribution >= 0.6 is 0 Å². The van der Waals surface area contributed by atoms with Gasteiger partial charge in [-0.25, -0.2) is 9.48 Å². The highest BCUT2D eigenvalue weighted by Crippen LogP contribution is 2.36. The van der Waals surface area contributed by atoms with E-state index >= 15 is 0 Å². The van der Waals surface area contributed by atoms with E-state index in [0.29, 0.717) is 30.4 Å². The van der Waals surface area contributed by atoms with Crippen molar-refractivity contribution in [1.29, 1.82) is 0 Å². The quantitative estimate of drug-likeness (QED) is 0.662. The van der Waals surface area contributed by atoms with Crippen LogP contribution in [0.3, 0.4) is 0 Å². The van der Waals surface area contributed by atoms with Crippen molar-refractivity contribution in [1.82, 2.24) is 29.8 Å². The fraction of sp³-hybridized carbons (Fsp3) is 0.421. The van der Waals surface area contributed by atoms with Crippen molar-refractivity contribution >= 4 is 5.91 Å². The molecule has 0 bridgehead atoms. The molecule has 1 aliphatic rings. The lowest BCUT2D eigenvalue weighted by atomic mass is 10.1. The van der Waals surface area contributed by atoms with Gasteiger partial charge in [0.15, 0.2) is 5.82 Å². The van der Waals surface area contributed by atoms with Gasteiger partial charge in [0.25, 0.3) is 0 Å². The third-order valence-corrected chi connectivity index (χ3v) is 4.87. The van der Waals surface area contributed by atoms with Crippen molar-refractivity contribution in [3.63, 3.8) is 0 Å². The van der Waals surface area contributed by atoms with Gasteiger partial charge >= 0.3 is 5.69 Å². The number of aromatic nitrogens is 5. The molecule has 3 aromatic rings. The molecule has 0 aliphatic heterocycles. The molecule has 1 saturated carbocycles. The summed E-state index contributed by atoms with van der Waals surface area (Å²) in [5.74, 6) is 1.13. The van der Waals surface area contributed by atoms with Crippen LogP contribution in [0, 0.1) is 13.8 Å². The summed E-state index contributed by atoms with van der Waals surface area (Å²) in [6.07, 6.45) is 5.55. The fourth-order valence-electron chi connectivity index (χ4n) is 3.20. The van der Waals surface area contributed by atoms with Gasteiger partial charge < -0.3 is 9.84 Å². The summed E-state index contributed by atoms with van der Waals surface area (Å²) in [5, 5.41) is 11.2. The van der Waals surface area contributed by atoms with Crippen LogP contribution in [0.4, 0.5) is 0 Å². The summed E-state index contributed by atoms with van der Waals surface area (Å²) in [7, 11) is 0. The molecule has 1 N–H and O–H groups in total. The molecule has 1 fully saturated rings. The minimum atomic E-state index is -0.152. The maximum atomic E-state index is 12.8. The van der Waals surface area contributed by atoms with Crippen LogP contribution in [0.1, 0.15) is 35.9 Å². The van der Waals surface area contributed by atoms with Gasteiger partial charge in [0.05, 0.1) is 18.7 Å². The molecule has 28 heavy (non-hydrogen) atoms. The molecule has 0 saturated heterocycles. The Kier molecular flexibility index (Phi) is 4.81. The summed E-state index contributed by atoms with van der Waals surface area (Å²) in [4.78, 5) is 29.1. The molecular formula is C19H22N6O3. The molecule has 0 radical (unpaired) electrons. The Morgan fingerprint density at radius 2 is 2.18 bits per heavy atom. The Balaban J connectivity index is 1.44. The Labute approximate surface area is 161 Å². The SMILES string of the molecule is Cc1noc(C)c1CC(=O)NCCn1nc(-c2cccnc2)n(C2CC2)c1=O. The van der Waals surface area contributed by atoms with Gasteiger partial charge in [0, 0.05) is 36.1 Å². The molecule has 0 unspecified atom stereocenters. The summed E-state index contributed by atoms with van der Waals surface area (Å²) in [5.41, 5.74) is 2.17. The number of pyridine rings is 1. The maximum absolute atomic E-state index is 12.8. The van der Waals surface area contributed by atoms with Gasteiger partial charge in [-0.1, -0.05) is 5.16 Å². The second-order valence-corrected chi connectivity index (χ2v) is 7.00. The number of aryl methyl sites for hydroxylation is 2.